The maximum atomic E-state index is 14.6. The van der Waals surface area contributed by atoms with Gasteiger partial charge in [0, 0.05) is 44.8 Å². The molecule has 1 aliphatic carbocycles. The van der Waals surface area contributed by atoms with Gasteiger partial charge in [0.25, 0.3) is 0 Å². The summed E-state index contributed by atoms with van der Waals surface area (Å²) in [5, 5.41) is 20.0. The van der Waals surface area contributed by atoms with Gasteiger partial charge in [0.2, 0.25) is 15.9 Å². The molecule has 14 heteroatoms. The fraction of sp³-hybridized carbons (Fsp3) is 0.433. The van der Waals surface area contributed by atoms with Gasteiger partial charge in [-0.1, -0.05) is 37.3 Å². The molecule has 44 heavy (non-hydrogen) atoms. The summed E-state index contributed by atoms with van der Waals surface area (Å²) in [6, 6.07) is 11.1. The highest BCUT2D eigenvalue weighted by molar-refractivity contribution is 7.89. The highest BCUT2D eigenvalue weighted by atomic mass is 32.2. The molecule has 3 aromatic heterocycles. The van der Waals surface area contributed by atoms with Crippen LogP contribution in [0.15, 0.2) is 47.6 Å². The Hall–Kier alpha value is -4.06. The Kier molecular flexibility index (Phi) is 7.81. The number of imidazole rings is 1. The Morgan fingerprint density at radius 1 is 1.16 bits per heavy atom. The van der Waals surface area contributed by atoms with E-state index in [-0.39, 0.29) is 23.3 Å². The van der Waals surface area contributed by atoms with Crippen LogP contribution in [0.1, 0.15) is 37.3 Å². The molecule has 6 rings (SSSR count). The van der Waals surface area contributed by atoms with E-state index >= 15 is 0 Å². The molecule has 4 aromatic rings. The molecule has 230 valence electrons. The first-order valence-corrected chi connectivity index (χ1v) is 16.7. The molecular formula is C30H34N8O4S2. The molecule has 0 N–H and O–H groups in total. The number of ether oxygens (including phenoxy) is 1. The van der Waals surface area contributed by atoms with Crippen LogP contribution in [-0.4, -0.2) is 81.9 Å². The molecule has 0 unspecified atom stereocenters. The predicted molar refractivity (Wildman–Crippen MR) is 166 cm³/mol. The summed E-state index contributed by atoms with van der Waals surface area (Å²) in [4.78, 5) is 21.3. The van der Waals surface area contributed by atoms with Crippen molar-refractivity contribution in [3.63, 3.8) is 0 Å². The topological polar surface area (TPSA) is 137 Å². The van der Waals surface area contributed by atoms with Crippen molar-refractivity contribution in [1.29, 1.82) is 5.26 Å². The number of anilines is 1. The van der Waals surface area contributed by atoms with Gasteiger partial charge in [-0.05, 0) is 43.5 Å². The quantitative estimate of drug-likeness (QED) is 0.270. The van der Waals surface area contributed by atoms with Gasteiger partial charge in [-0.3, -0.25) is 9.20 Å². The maximum Gasteiger partial charge on any atom is 0.246 e. The molecule has 2 aliphatic rings. The second-order valence-corrected chi connectivity index (χ2v) is 14.5. The number of hydrogen-bond acceptors (Lipinski definition) is 10. The van der Waals surface area contributed by atoms with E-state index in [0.717, 1.165) is 10.6 Å². The first-order chi connectivity index (χ1) is 21.1. The lowest BCUT2D eigenvalue weighted by Gasteiger charge is -2.37. The van der Waals surface area contributed by atoms with Crippen LogP contribution in [0.3, 0.4) is 0 Å². The number of carbonyl (C=O) groups excluding carboxylic acids is 1. The number of sulfonamides is 1. The minimum atomic E-state index is -4.17. The van der Waals surface area contributed by atoms with Crippen LogP contribution in [0.25, 0.3) is 16.3 Å². The number of aryl methyl sites for hydroxylation is 1. The molecule has 0 spiro atoms. The van der Waals surface area contributed by atoms with Gasteiger partial charge in [-0.25, -0.2) is 13.4 Å². The van der Waals surface area contributed by atoms with E-state index in [1.54, 1.807) is 42.1 Å². The highest BCUT2D eigenvalue weighted by Gasteiger charge is 2.54. The van der Waals surface area contributed by atoms with Crippen LogP contribution in [0, 0.1) is 24.2 Å². The fourth-order valence-electron chi connectivity index (χ4n) is 5.54. The average Bonchev–Trinajstić information content (AvgIpc) is 3.51. The van der Waals surface area contributed by atoms with E-state index in [9.17, 15) is 18.5 Å². The lowest BCUT2D eigenvalue weighted by molar-refractivity contribution is -0.134. The van der Waals surface area contributed by atoms with Gasteiger partial charge in [0.05, 0.1) is 25.1 Å². The number of methoxy groups -OCH3 is 1. The van der Waals surface area contributed by atoms with Crippen molar-refractivity contribution in [3.8, 4) is 22.5 Å². The second-order valence-electron chi connectivity index (χ2n) is 11.5. The van der Waals surface area contributed by atoms with Gasteiger partial charge in [-0.15, -0.1) is 10.2 Å². The smallest absolute Gasteiger partial charge is 0.246 e. The summed E-state index contributed by atoms with van der Waals surface area (Å²) < 4.78 is 37.5. The molecule has 1 saturated carbocycles. The molecule has 0 atom stereocenters. The number of pyridine rings is 1. The third-order valence-corrected chi connectivity index (χ3v) is 11.0. The number of nitriles is 1. The van der Waals surface area contributed by atoms with Crippen LogP contribution in [-0.2, 0) is 21.4 Å². The average molecular weight is 635 g/mol. The Labute approximate surface area is 260 Å². The molecule has 1 aliphatic heterocycles. The summed E-state index contributed by atoms with van der Waals surface area (Å²) in [6.07, 6.45) is 4.17. The highest BCUT2D eigenvalue weighted by Crippen LogP contribution is 2.45. The summed E-state index contributed by atoms with van der Waals surface area (Å²) in [7, 11) is -2.60. The monoisotopic (exact) mass is 634 g/mol. The normalized spacial score (nSPS) is 16.5. The fourth-order valence-corrected chi connectivity index (χ4v) is 7.99. The van der Waals surface area contributed by atoms with E-state index in [2.05, 4.69) is 21.2 Å². The van der Waals surface area contributed by atoms with E-state index in [1.165, 1.54) is 15.6 Å². The van der Waals surface area contributed by atoms with Gasteiger partial charge >= 0.3 is 0 Å². The Balaban J connectivity index is 1.45. The van der Waals surface area contributed by atoms with Gasteiger partial charge < -0.3 is 14.5 Å². The number of hydrogen-bond donors (Lipinski definition) is 0. The van der Waals surface area contributed by atoms with Crippen molar-refractivity contribution in [2.24, 2.45) is 5.92 Å². The number of benzene rings is 1. The van der Waals surface area contributed by atoms with Crippen LogP contribution >= 0.6 is 11.3 Å². The van der Waals surface area contributed by atoms with Crippen molar-refractivity contribution in [3.05, 3.63) is 53.3 Å². The van der Waals surface area contributed by atoms with E-state index in [0.29, 0.717) is 66.8 Å². The Morgan fingerprint density at radius 3 is 2.43 bits per heavy atom. The summed E-state index contributed by atoms with van der Waals surface area (Å²) in [5.41, 5.74) is 1.47. The zero-order valence-corrected chi connectivity index (χ0v) is 26.7. The Bertz CT molecular complexity index is 1850. The lowest BCUT2D eigenvalue weighted by Crippen LogP contribution is -2.50. The van der Waals surface area contributed by atoms with Crippen molar-refractivity contribution in [2.75, 3.05) is 38.2 Å². The minimum absolute atomic E-state index is 0.0373. The van der Waals surface area contributed by atoms with E-state index in [4.69, 9.17) is 9.72 Å². The third-order valence-electron chi connectivity index (χ3n) is 8.21. The number of amides is 1. The molecular weight excluding hydrogens is 601 g/mol. The maximum absolute atomic E-state index is 14.6. The number of aromatic nitrogens is 4. The third kappa shape index (κ3) is 5.40. The number of nitrogens with zero attached hydrogens (tertiary/aromatic N) is 8. The predicted octanol–water partition coefficient (Wildman–Crippen LogP) is 3.72. The van der Waals surface area contributed by atoms with Crippen LogP contribution < -0.4 is 9.64 Å². The molecule has 1 aromatic carbocycles. The van der Waals surface area contributed by atoms with Crippen LogP contribution in [0.4, 0.5) is 5.69 Å². The molecule has 4 heterocycles. The molecule has 1 saturated heterocycles. The molecule has 12 nitrogen and oxygen atoms in total. The SMILES string of the molecule is COc1ccc(CN(C2(C#N)CC2)S(=O)(=O)c2cc(N3CCN(C(=O)C(C)C)CC3)c3ncc(-c4nnc(C)s4)n3c2)cc1. The number of rotatable bonds is 9. The number of fused-ring (bicyclic) bond motifs is 1. The summed E-state index contributed by atoms with van der Waals surface area (Å²) in [5.74, 6) is 0.661. The standard InChI is InChI=1S/C30H34N8O4S2/c1-20(2)29(39)36-13-11-35(12-14-36)25-15-24(18-37-26(16-32-27(25)37)28-34-33-21(3)43-28)44(40,41)38(30(19-31)9-10-30)17-22-5-7-23(42-4)8-6-22/h5-8,15-16,18,20H,9-14,17H2,1-4H3. The number of piperazine rings is 1. The molecule has 0 radical (unpaired) electrons. The Morgan fingerprint density at radius 2 is 1.86 bits per heavy atom. The zero-order valence-electron chi connectivity index (χ0n) is 25.1. The van der Waals surface area contributed by atoms with Crippen molar-refractivity contribution < 1.29 is 17.9 Å². The molecule has 2 fully saturated rings. The second kappa shape index (κ2) is 11.5. The van der Waals surface area contributed by atoms with Crippen LogP contribution in [0.5, 0.6) is 5.75 Å². The molecule has 1 amide bonds. The minimum Gasteiger partial charge on any atom is -0.497 e. The van der Waals surface area contributed by atoms with Gasteiger partial charge in [0.1, 0.15) is 26.9 Å². The zero-order chi connectivity index (χ0) is 31.2. The number of carbonyl (C=O) groups is 1. The van der Waals surface area contributed by atoms with E-state index < -0.39 is 15.6 Å². The van der Waals surface area contributed by atoms with Crippen molar-refractivity contribution in [1.82, 2.24) is 28.8 Å². The van der Waals surface area contributed by atoms with Crippen molar-refractivity contribution in [2.45, 2.75) is 50.6 Å². The first-order valence-electron chi connectivity index (χ1n) is 14.5. The molecule has 0 bridgehead atoms. The first kappa shape index (κ1) is 30.0. The summed E-state index contributed by atoms with van der Waals surface area (Å²) in [6.45, 7) is 7.76. The van der Waals surface area contributed by atoms with Crippen LogP contribution in [0.2, 0.25) is 0 Å². The van der Waals surface area contributed by atoms with Gasteiger partial charge in [-0.2, -0.15) is 9.57 Å². The largest absolute Gasteiger partial charge is 0.497 e. The van der Waals surface area contributed by atoms with Gasteiger partial charge in [0.15, 0.2) is 10.7 Å². The van der Waals surface area contributed by atoms with Crippen molar-refractivity contribution >= 4 is 38.6 Å². The summed E-state index contributed by atoms with van der Waals surface area (Å²) >= 11 is 1.40. The lowest BCUT2D eigenvalue weighted by atomic mass is 10.1. The van der Waals surface area contributed by atoms with E-state index in [1.807, 2.05) is 37.8 Å².